The minimum Gasteiger partial charge on any atom is -0.486 e. The minimum atomic E-state index is 0.366. The summed E-state index contributed by atoms with van der Waals surface area (Å²) in [5.41, 5.74) is 2.53. The van der Waals surface area contributed by atoms with Crippen molar-refractivity contribution >= 4 is 15.9 Å². The van der Waals surface area contributed by atoms with Gasteiger partial charge in [-0.05, 0) is 33.1 Å². The van der Waals surface area contributed by atoms with E-state index >= 15 is 0 Å². The Morgan fingerprint density at radius 2 is 1.85 bits per heavy atom. The first-order chi connectivity index (χ1) is 9.54. The van der Waals surface area contributed by atoms with Crippen LogP contribution in [0, 0.1) is 19.3 Å². The van der Waals surface area contributed by atoms with E-state index in [0.29, 0.717) is 16.3 Å². The molecule has 0 radical (unpaired) electrons. The highest BCUT2D eigenvalue weighted by molar-refractivity contribution is 9.09. The van der Waals surface area contributed by atoms with E-state index < -0.39 is 0 Å². The van der Waals surface area contributed by atoms with E-state index in [2.05, 4.69) is 28.0 Å². The molecule has 0 aliphatic heterocycles. The molecule has 1 aromatic rings. The summed E-state index contributed by atoms with van der Waals surface area (Å²) >= 11 is 3.91. The summed E-state index contributed by atoms with van der Waals surface area (Å²) in [5.74, 6) is 1.01. The number of ether oxygens (including phenoxy) is 1. The Morgan fingerprint density at radius 1 is 1.20 bits per heavy atom. The second-order valence-corrected chi connectivity index (χ2v) is 7.69. The average molecular weight is 341 g/mol. The molecule has 0 N–H and O–H groups in total. The van der Waals surface area contributed by atoms with Gasteiger partial charge in [-0.2, -0.15) is 5.10 Å². The monoisotopic (exact) mass is 340 g/mol. The molecule has 3 rings (SSSR count). The normalized spacial score (nSPS) is 29.0. The van der Waals surface area contributed by atoms with Crippen molar-refractivity contribution in [3.63, 3.8) is 0 Å². The van der Waals surface area contributed by atoms with Crippen LogP contribution in [0.4, 0.5) is 0 Å². The molecule has 0 saturated heterocycles. The van der Waals surface area contributed by atoms with E-state index in [9.17, 15) is 0 Å². The van der Waals surface area contributed by atoms with Gasteiger partial charge in [0, 0.05) is 17.3 Å². The summed E-state index contributed by atoms with van der Waals surface area (Å²) in [5, 5.41) is 4.47. The average Bonchev–Trinajstić information content (AvgIpc) is 2.66. The smallest absolute Gasteiger partial charge is 0.163 e. The van der Waals surface area contributed by atoms with Gasteiger partial charge in [0.15, 0.2) is 5.75 Å². The van der Waals surface area contributed by atoms with Crippen LogP contribution >= 0.6 is 15.9 Å². The molecule has 0 bridgehead atoms. The summed E-state index contributed by atoms with van der Waals surface area (Å²) in [6.45, 7) is 4.14. The first-order valence-corrected chi connectivity index (χ1v) is 8.77. The second-order valence-electron chi connectivity index (χ2n) is 6.58. The minimum absolute atomic E-state index is 0.366. The highest BCUT2D eigenvalue weighted by Gasteiger charge is 2.55. The molecule has 20 heavy (non-hydrogen) atoms. The van der Waals surface area contributed by atoms with Crippen molar-refractivity contribution in [2.24, 2.45) is 12.5 Å². The molecule has 2 aliphatic rings. The van der Waals surface area contributed by atoms with Crippen LogP contribution in [0.2, 0.25) is 0 Å². The standard InChI is InChI=1S/C16H25BrN2O/c1-11-15(12(2)19(3)18-11)20-14-10-13(17)16(14)8-6-4-5-7-9-16/h13-14H,4-10H2,1-3H3. The number of alkyl halides is 1. The number of aromatic nitrogens is 2. The number of nitrogens with zero attached hydrogens (tertiary/aromatic N) is 2. The maximum Gasteiger partial charge on any atom is 0.163 e. The highest BCUT2D eigenvalue weighted by atomic mass is 79.9. The van der Waals surface area contributed by atoms with Gasteiger partial charge in [-0.25, -0.2) is 0 Å². The van der Waals surface area contributed by atoms with Crippen molar-refractivity contribution in [3.8, 4) is 5.75 Å². The van der Waals surface area contributed by atoms with Gasteiger partial charge in [0.25, 0.3) is 0 Å². The molecule has 1 heterocycles. The second kappa shape index (κ2) is 5.36. The summed E-state index contributed by atoms with van der Waals surface area (Å²) in [6, 6.07) is 0. The maximum absolute atomic E-state index is 6.44. The molecule has 2 fully saturated rings. The Kier molecular flexibility index (Phi) is 3.87. The summed E-state index contributed by atoms with van der Waals surface area (Å²) in [4.78, 5) is 0.635. The van der Waals surface area contributed by atoms with Gasteiger partial charge in [-0.3, -0.25) is 4.68 Å². The molecule has 1 aromatic heterocycles. The van der Waals surface area contributed by atoms with Gasteiger partial charge in [0.2, 0.25) is 0 Å². The van der Waals surface area contributed by atoms with Crippen molar-refractivity contribution in [1.82, 2.24) is 9.78 Å². The number of hydrogen-bond donors (Lipinski definition) is 0. The van der Waals surface area contributed by atoms with Crippen LogP contribution in [-0.2, 0) is 7.05 Å². The SMILES string of the molecule is Cc1nn(C)c(C)c1OC1CC(Br)C12CCCCCC2. The van der Waals surface area contributed by atoms with Crippen LogP contribution in [0.1, 0.15) is 56.3 Å². The van der Waals surface area contributed by atoms with Crippen LogP contribution in [0.3, 0.4) is 0 Å². The van der Waals surface area contributed by atoms with Crippen molar-refractivity contribution in [1.29, 1.82) is 0 Å². The lowest BCUT2D eigenvalue weighted by Crippen LogP contribution is -2.56. The largest absolute Gasteiger partial charge is 0.486 e. The highest BCUT2D eigenvalue weighted by Crippen LogP contribution is 2.56. The summed E-state index contributed by atoms with van der Waals surface area (Å²) in [6.07, 6.45) is 9.61. The van der Waals surface area contributed by atoms with E-state index in [1.165, 1.54) is 38.5 Å². The Labute approximate surface area is 130 Å². The third-order valence-electron chi connectivity index (χ3n) is 5.42. The number of rotatable bonds is 2. The molecule has 2 saturated carbocycles. The van der Waals surface area contributed by atoms with Crippen LogP contribution < -0.4 is 4.74 Å². The lowest BCUT2D eigenvalue weighted by molar-refractivity contribution is -0.0469. The van der Waals surface area contributed by atoms with Crippen LogP contribution in [-0.4, -0.2) is 20.7 Å². The van der Waals surface area contributed by atoms with E-state index in [0.717, 1.165) is 23.6 Å². The summed E-state index contributed by atoms with van der Waals surface area (Å²) in [7, 11) is 1.99. The van der Waals surface area contributed by atoms with Crippen LogP contribution in [0.25, 0.3) is 0 Å². The number of hydrogen-bond acceptors (Lipinski definition) is 2. The molecule has 2 unspecified atom stereocenters. The maximum atomic E-state index is 6.44. The van der Waals surface area contributed by atoms with E-state index in [4.69, 9.17) is 4.74 Å². The van der Waals surface area contributed by atoms with Crippen molar-refractivity contribution in [2.75, 3.05) is 0 Å². The molecular weight excluding hydrogens is 316 g/mol. The number of aryl methyl sites for hydroxylation is 2. The first kappa shape index (κ1) is 14.4. The molecule has 0 aromatic carbocycles. The fourth-order valence-corrected chi connectivity index (χ4v) is 5.05. The van der Waals surface area contributed by atoms with Crippen LogP contribution in [0.5, 0.6) is 5.75 Å². The fourth-order valence-electron chi connectivity index (χ4n) is 3.95. The third-order valence-corrected chi connectivity index (χ3v) is 6.71. The zero-order valence-corrected chi connectivity index (χ0v) is 14.4. The van der Waals surface area contributed by atoms with E-state index in [1.54, 1.807) is 0 Å². The van der Waals surface area contributed by atoms with Gasteiger partial charge >= 0.3 is 0 Å². The van der Waals surface area contributed by atoms with Gasteiger partial charge in [0.1, 0.15) is 11.8 Å². The predicted molar refractivity (Wildman–Crippen MR) is 84.6 cm³/mol. The molecule has 2 aliphatic carbocycles. The van der Waals surface area contributed by atoms with Crippen molar-refractivity contribution in [3.05, 3.63) is 11.4 Å². The Balaban J connectivity index is 1.80. The number of halogens is 1. The lowest BCUT2D eigenvalue weighted by Gasteiger charge is -2.53. The van der Waals surface area contributed by atoms with Gasteiger partial charge < -0.3 is 4.74 Å². The van der Waals surface area contributed by atoms with Crippen molar-refractivity contribution < 1.29 is 4.74 Å². The van der Waals surface area contributed by atoms with Crippen LogP contribution in [0.15, 0.2) is 0 Å². The molecule has 112 valence electrons. The van der Waals surface area contributed by atoms with E-state index in [1.807, 2.05) is 18.7 Å². The molecule has 2 atom stereocenters. The van der Waals surface area contributed by atoms with Gasteiger partial charge in [0.05, 0.1) is 5.69 Å². The van der Waals surface area contributed by atoms with Gasteiger partial charge in [-0.15, -0.1) is 0 Å². The molecule has 4 heteroatoms. The van der Waals surface area contributed by atoms with E-state index in [-0.39, 0.29) is 0 Å². The molecule has 3 nitrogen and oxygen atoms in total. The quantitative estimate of drug-likeness (QED) is 0.750. The Morgan fingerprint density at radius 3 is 2.35 bits per heavy atom. The lowest BCUT2D eigenvalue weighted by atomic mass is 9.61. The Bertz CT molecular complexity index is 489. The zero-order valence-electron chi connectivity index (χ0n) is 12.8. The molecular formula is C16H25BrN2O. The Hall–Kier alpha value is -0.510. The van der Waals surface area contributed by atoms with Crippen molar-refractivity contribution in [2.45, 2.75) is 69.7 Å². The van der Waals surface area contributed by atoms with Gasteiger partial charge in [-0.1, -0.05) is 41.6 Å². The fraction of sp³-hybridized carbons (Fsp3) is 0.812. The predicted octanol–water partition coefficient (Wildman–Crippen LogP) is 4.29. The third kappa shape index (κ3) is 2.20. The summed E-state index contributed by atoms with van der Waals surface area (Å²) < 4.78 is 8.36. The molecule has 0 amide bonds. The first-order valence-electron chi connectivity index (χ1n) is 7.85. The topological polar surface area (TPSA) is 27.1 Å². The zero-order chi connectivity index (χ0) is 14.3. The molecule has 1 spiro atoms.